The number of halogens is 3. The summed E-state index contributed by atoms with van der Waals surface area (Å²) >= 11 is 0. The lowest BCUT2D eigenvalue weighted by atomic mass is 10.1. The highest BCUT2D eigenvalue weighted by atomic mass is 19.4. The minimum Gasteiger partial charge on any atom is -0.467 e. The fraction of sp³-hybridized carbons (Fsp3) is 0.429. The molecule has 0 saturated heterocycles. The van der Waals surface area contributed by atoms with Gasteiger partial charge in [0.05, 0.1) is 17.9 Å². The molecule has 1 rings (SSSR count). The van der Waals surface area contributed by atoms with Gasteiger partial charge in [-0.05, 0) is 13.0 Å². The first-order valence-corrected chi connectivity index (χ1v) is 3.33. The van der Waals surface area contributed by atoms with Crippen molar-refractivity contribution in [3.8, 4) is 0 Å². The number of hydrogen-bond donors (Lipinski definition) is 1. The Morgan fingerprint density at radius 3 is 2.42 bits per heavy atom. The van der Waals surface area contributed by atoms with Gasteiger partial charge in [-0.3, -0.25) is 0 Å². The van der Waals surface area contributed by atoms with Gasteiger partial charge in [0.15, 0.2) is 0 Å². The molecule has 0 aromatic carbocycles. The molecule has 0 bridgehead atoms. The van der Waals surface area contributed by atoms with E-state index < -0.39 is 17.8 Å². The summed E-state index contributed by atoms with van der Waals surface area (Å²) in [4.78, 5) is 0. The first-order valence-electron chi connectivity index (χ1n) is 3.33. The zero-order valence-electron chi connectivity index (χ0n) is 6.35. The molecule has 0 saturated carbocycles. The van der Waals surface area contributed by atoms with Crippen LogP contribution in [0.5, 0.6) is 0 Å². The minimum atomic E-state index is -4.38. The van der Waals surface area contributed by atoms with Crippen molar-refractivity contribution in [3.05, 3.63) is 23.7 Å². The average Bonchev–Trinajstić information content (AvgIpc) is 2.30. The van der Waals surface area contributed by atoms with Crippen molar-refractivity contribution in [1.29, 1.82) is 0 Å². The Bertz CT molecular complexity index is 264. The lowest BCUT2D eigenvalue weighted by Gasteiger charge is -2.08. The number of nitrogens with two attached hydrogens (primary N) is 1. The molecule has 0 aliphatic carbocycles. The van der Waals surface area contributed by atoms with E-state index >= 15 is 0 Å². The SMILES string of the molecule is CC(N)c1occc1C(F)(F)F. The van der Waals surface area contributed by atoms with Crippen LogP contribution in [-0.4, -0.2) is 0 Å². The Labute approximate surface area is 67.2 Å². The predicted molar refractivity (Wildman–Crippen MR) is 36.3 cm³/mol. The summed E-state index contributed by atoms with van der Waals surface area (Å²) in [7, 11) is 0. The van der Waals surface area contributed by atoms with Gasteiger partial charge >= 0.3 is 6.18 Å². The van der Waals surface area contributed by atoms with E-state index in [4.69, 9.17) is 5.73 Å². The highest BCUT2D eigenvalue weighted by Crippen LogP contribution is 2.34. The van der Waals surface area contributed by atoms with Crippen molar-refractivity contribution in [2.75, 3.05) is 0 Å². The third-order valence-electron chi connectivity index (χ3n) is 1.41. The number of rotatable bonds is 1. The van der Waals surface area contributed by atoms with E-state index in [1.54, 1.807) is 0 Å². The zero-order valence-corrected chi connectivity index (χ0v) is 6.35. The van der Waals surface area contributed by atoms with Gasteiger partial charge in [0, 0.05) is 0 Å². The fourth-order valence-electron chi connectivity index (χ4n) is 0.908. The summed E-state index contributed by atoms with van der Waals surface area (Å²) < 4.78 is 41.0. The largest absolute Gasteiger partial charge is 0.467 e. The molecular weight excluding hydrogens is 171 g/mol. The fourth-order valence-corrected chi connectivity index (χ4v) is 0.908. The first-order chi connectivity index (χ1) is 5.43. The minimum absolute atomic E-state index is 0.220. The molecule has 1 aromatic rings. The molecule has 2 nitrogen and oxygen atoms in total. The summed E-state index contributed by atoms with van der Waals surface area (Å²) in [5.74, 6) is -0.220. The van der Waals surface area contributed by atoms with Crippen LogP contribution in [0.2, 0.25) is 0 Å². The summed E-state index contributed by atoms with van der Waals surface area (Å²) in [6.45, 7) is 1.44. The summed E-state index contributed by atoms with van der Waals surface area (Å²) in [6, 6.07) is 0.134. The smallest absolute Gasteiger partial charge is 0.419 e. The normalized spacial score (nSPS) is 14.8. The van der Waals surface area contributed by atoms with Crippen LogP contribution in [0.3, 0.4) is 0 Å². The molecule has 1 atom stereocenters. The van der Waals surface area contributed by atoms with E-state index in [1.807, 2.05) is 0 Å². The van der Waals surface area contributed by atoms with Crippen LogP contribution < -0.4 is 5.73 Å². The molecule has 0 aliphatic heterocycles. The molecule has 1 heterocycles. The lowest BCUT2D eigenvalue weighted by molar-refractivity contribution is -0.138. The average molecular weight is 179 g/mol. The maximum atomic E-state index is 12.1. The molecule has 1 aromatic heterocycles. The standard InChI is InChI=1S/C7H8F3NO/c1-4(11)6-5(2-3-12-6)7(8,9)10/h2-4H,11H2,1H3. The molecule has 12 heavy (non-hydrogen) atoms. The number of alkyl halides is 3. The van der Waals surface area contributed by atoms with Crippen molar-refractivity contribution in [2.24, 2.45) is 5.73 Å². The number of furan rings is 1. The molecule has 0 amide bonds. The van der Waals surface area contributed by atoms with Gasteiger partial charge in [-0.1, -0.05) is 0 Å². The Morgan fingerprint density at radius 2 is 2.08 bits per heavy atom. The number of hydrogen-bond acceptors (Lipinski definition) is 2. The Balaban J connectivity index is 3.08. The quantitative estimate of drug-likeness (QED) is 0.718. The Morgan fingerprint density at radius 1 is 1.50 bits per heavy atom. The predicted octanol–water partition coefficient (Wildman–Crippen LogP) is 2.32. The second-order valence-electron chi connectivity index (χ2n) is 2.48. The Kier molecular flexibility index (Phi) is 2.14. The zero-order chi connectivity index (χ0) is 9.35. The topological polar surface area (TPSA) is 39.2 Å². The van der Waals surface area contributed by atoms with Crippen LogP contribution >= 0.6 is 0 Å². The van der Waals surface area contributed by atoms with Gasteiger partial charge in [-0.25, -0.2) is 0 Å². The van der Waals surface area contributed by atoms with Crippen molar-refractivity contribution < 1.29 is 17.6 Å². The van der Waals surface area contributed by atoms with Gasteiger partial charge in [0.1, 0.15) is 5.76 Å². The molecular formula is C7H8F3NO. The molecule has 1 unspecified atom stereocenters. The monoisotopic (exact) mass is 179 g/mol. The van der Waals surface area contributed by atoms with Gasteiger partial charge in [0.25, 0.3) is 0 Å². The summed E-state index contributed by atoms with van der Waals surface area (Å²) in [6.07, 6.45) is -3.39. The maximum absolute atomic E-state index is 12.1. The molecule has 0 radical (unpaired) electrons. The van der Waals surface area contributed by atoms with Crippen molar-refractivity contribution in [1.82, 2.24) is 0 Å². The third-order valence-corrected chi connectivity index (χ3v) is 1.41. The van der Waals surface area contributed by atoms with E-state index in [-0.39, 0.29) is 5.76 Å². The van der Waals surface area contributed by atoms with E-state index in [9.17, 15) is 13.2 Å². The second kappa shape index (κ2) is 2.82. The van der Waals surface area contributed by atoms with Crippen LogP contribution in [0.1, 0.15) is 24.3 Å². The Hall–Kier alpha value is -0.970. The van der Waals surface area contributed by atoms with Crippen LogP contribution in [0.25, 0.3) is 0 Å². The summed E-state index contributed by atoms with van der Waals surface area (Å²) in [5, 5.41) is 0. The maximum Gasteiger partial charge on any atom is 0.419 e. The van der Waals surface area contributed by atoms with Crippen molar-refractivity contribution in [3.63, 3.8) is 0 Å². The second-order valence-corrected chi connectivity index (χ2v) is 2.48. The van der Waals surface area contributed by atoms with Crippen LogP contribution in [0.15, 0.2) is 16.7 Å². The molecule has 0 spiro atoms. The van der Waals surface area contributed by atoms with Crippen LogP contribution in [0, 0.1) is 0 Å². The van der Waals surface area contributed by atoms with Gasteiger partial charge in [-0.2, -0.15) is 13.2 Å². The van der Waals surface area contributed by atoms with Crippen molar-refractivity contribution in [2.45, 2.75) is 19.1 Å². The third kappa shape index (κ3) is 1.61. The highest BCUT2D eigenvalue weighted by Gasteiger charge is 2.36. The summed E-state index contributed by atoms with van der Waals surface area (Å²) in [5.41, 5.74) is 4.47. The lowest BCUT2D eigenvalue weighted by Crippen LogP contribution is -2.12. The van der Waals surface area contributed by atoms with E-state index in [1.165, 1.54) is 6.92 Å². The van der Waals surface area contributed by atoms with Gasteiger partial charge < -0.3 is 10.2 Å². The van der Waals surface area contributed by atoms with Crippen molar-refractivity contribution >= 4 is 0 Å². The molecule has 0 fully saturated rings. The van der Waals surface area contributed by atoms with Gasteiger partial charge in [-0.15, -0.1) is 0 Å². The van der Waals surface area contributed by atoms with Gasteiger partial charge in [0.2, 0.25) is 0 Å². The van der Waals surface area contributed by atoms with E-state index in [0.29, 0.717) is 0 Å². The van der Waals surface area contributed by atoms with Crippen LogP contribution in [-0.2, 0) is 6.18 Å². The van der Waals surface area contributed by atoms with Crippen LogP contribution in [0.4, 0.5) is 13.2 Å². The van der Waals surface area contributed by atoms with E-state index in [0.717, 1.165) is 12.3 Å². The molecule has 5 heteroatoms. The molecule has 0 aliphatic rings. The molecule has 2 N–H and O–H groups in total. The van der Waals surface area contributed by atoms with E-state index in [2.05, 4.69) is 4.42 Å². The molecule has 68 valence electrons. The highest BCUT2D eigenvalue weighted by molar-refractivity contribution is 5.22. The first kappa shape index (κ1) is 9.12.